The van der Waals surface area contributed by atoms with Gasteiger partial charge in [0, 0.05) is 18.7 Å². The third-order valence-electron chi connectivity index (χ3n) is 6.72. The van der Waals surface area contributed by atoms with Crippen LogP contribution >= 0.6 is 12.2 Å². The summed E-state index contributed by atoms with van der Waals surface area (Å²) in [6.45, 7) is 0.898. The Balaban J connectivity index is 1.40. The fraction of sp³-hybridized carbons (Fsp3) is 0.583. The van der Waals surface area contributed by atoms with Gasteiger partial charge in [0.1, 0.15) is 5.75 Å². The van der Waals surface area contributed by atoms with E-state index in [-0.39, 0.29) is 6.42 Å². The maximum Gasteiger partial charge on any atom is 0.303 e. The maximum atomic E-state index is 10.6. The van der Waals surface area contributed by atoms with Crippen molar-refractivity contribution >= 4 is 29.0 Å². The van der Waals surface area contributed by atoms with Gasteiger partial charge in [0.25, 0.3) is 0 Å². The molecule has 0 amide bonds. The first-order valence-corrected chi connectivity index (χ1v) is 11.5. The number of unbranched alkanes of at least 4 members (excludes halogenated alkanes) is 1. The Labute approximate surface area is 185 Å². The summed E-state index contributed by atoms with van der Waals surface area (Å²) in [5.74, 6) is 3.40. The number of benzene rings is 1. The lowest BCUT2D eigenvalue weighted by atomic mass is 9.76. The van der Waals surface area contributed by atoms with Gasteiger partial charge in [-0.1, -0.05) is 12.2 Å². The van der Waals surface area contributed by atoms with Gasteiger partial charge in [-0.05, 0) is 105 Å². The summed E-state index contributed by atoms with van der Waals surface area (Å²) in [5.41, 5.74) is 0.958. The van der Waals surface area contributed by atoms with Gasteiger partial charge in [0.2, 0.25) is 0 Å². The Hall–Kier alpha value is -2.08. The van der Waals surface area contributed by atoms with E-state index < -0.39 is 5.97 Å². The van der Waals surface area contributed by atoms with Crippen molar-refractivity contribution in [3.05, 3.63) is 36.4 Å². The van der Waals surface area contributed by atoms with Crippen LogP contribution in [0.25, 0.3) is 0 Å². The number of hydrogen-bond donors (Lipinski definition) is 3. The minimum absolute atomic E-state index is 0.261. The zero-order valence-electron chi connectivity index (χ0n) is 17.8. The van der Waals surface area contributed by atoms with Gasteiger partial charge >= 0.3 is 5.97 Å². The lowest BCUT2D eigenvalue weighted by Crippen LogP contribution is -2.32. The number of carboxylic acid groups (broad SMARTS) is 1. The molecule has 2 saturated carbocycles. The Morgan fingerprint density at radius 3 is 2.63 bits per heavy atom. The second-order valence-electron chi connectivity index (χ2n) is 8.55. The average Bonchev–Trinajstić information content (AvgIpc) is 3.33. The summed E-state index contributed by atoms with van der Waals surface area (Å²) < 4.78 is 5.18. The molecule has 2 bridgehead atoms. The normalized spacial score (nSPS) is 24.8. The van der Waals surface area contributed by atoms with Crippen LogP contribution in [0.4, 0.5) is 5.69 Å². The van der Waals surface area contributed by atoms with Crippen molar-refractivity contribution in [2.75, 3.05) is 19.0 Å². The number of carbonyl (C=O) groups is 1. The van der Waals surface area contributed by atoms with Crippen LogP contribution in [0.3, 0.4) is 0 Å². The molecule has 3 rings (SSSR count). The lowest BCUT2D eigenvalue weighted by Gasteiger charge is -2.30. The first-order valence-electron chi connectivity index (χ1n) is 11.1. The largest absolute Gasteiger partial charge is 0.497 e. The number of carboxylic acids is 1. The van der Waals surface area contributed by atoms with Crippen LogP contribution < -0.4 is 15.4 Å². The number of nitrogens with one attached hydrogen (secondary N) is 2. The Kier molecular flexibility index (Phi) is 8.55. The fourth-order valence-corrected chi connectivity index (χ4v) is 5.51. The topological polar surface area (TPSA) is 70.6 Å². The van der Waals surface area contributed by atoms with Crippen molar-refractivity contribution in [3.63, 3.8) is 0 Å². The highest BCUT2D eigenvalue weighted by molar-refractivity contribution is 7.80. The number of anilines is 1. The Bertz CT molecular complexity index is 734. The van der Waals surface area contributed by atoms with Crippen molar-refractivity contribution in [2.24, 2.45) is 23.7 Å². The van der Waals surface area contributed by atoms with Crippen molar-refractivity contribution in [2.45, 2.75) is 51.4 Å². The first-order chi connectivity index (χ1) is 14.6. The molecule has 30 heavy (non-hydrogen) atoms. The molecular formula is C24H34N2O3S. The van der Waals surface area contributed by atoms with Crippen LogP contribution in [0.1, 0.15) is 51.4 Å². The van der Waals surface area contributed by atoms with E-state index in [0.29, 0.717) is 5.11 Å². The smallest absolute Gasteiger partial charge is 0.303 e. The predicted octanol–water partition coefficient (Wildman–Crippen LogP) is 5.24. The van der Waals surface area contributed by atoms with Gasteiger partial charge in [-0.2, -0.15) is 0 Å². The number of hydrogen-bond acceptors (Lipinski definition) is 3. The standard InChI is InChI=1S/C24H34N2O3S/c1-29-20-12-10-19(11-13-20)26-24(30)25-15-14-22-18-9-8-17(16-18)21(22)6-4-2-3-5-7-23(27)28/h2,4,10-13,17-18,21-22H,3,5-9,14-16H2,1H3,(H,27,28)(H2,25,26,30). The van der Waals surface area contributed by atoms with Crippen LogP contribution in [0.15, 0.2) is 36.4 Å². The molecule has 3 N–H and O–H groups in total. The number of rotatable bonds is 11. The number of aliphatic carboxylic acids is 1. The maximum absolute atomic E-state index is 10.6. The van der Waals surface area contributed by atoms with Crippen molar-refractivity contribution in [1.82, 2.24) is 5.32 Å². The van der Waals surface area contributed by atoms with Gasteiger partial charge in [0.15, 0.2) is 5.11 Å². The van der Waals surface area contributed by atoms with Gasteiger partial charge in [-0.15, -0.1) is 0 Å². The average molecular weight is 431 g/mol. The molecule has 0 spiro atoms. The van der Waals surface area contributed by atoms with Crippen LogP contribution in [0.5, 0.6) is 5.75 Å². The molecule has 4 atom stereocenters. The van der Waals surface area contributed by atoms with Gasteiger partial charge in [-0.3, -0.25) is 4.79 Å². The number of fused-ring (bicyclic) bond motifs is 2. The highest BCUT2D eigenvalue weighted by Crippen LogP contribution is 2.54. The molecule has 2 aliphatic carbocycles. The highest BCUT2D eigenvalue weighted by atomic mass is 32.1. The van der Waals surface area contributed by atoms with Crippen molar-refractivity contribution < 1.29 is 14.6 Å². The zero-order chi connectivity index (χ0) is 21.3. The molecule has 1 aromatic carbocycles. The van der Waals surface area contributed by atoms with Gasteiger partial charge in [-0.25, -0.2) is 0 Å². The fourth-order valence-electron chi connectivity index (χ4n) is 5.29. The van der Waals surface area contributed by atoms with E-state index in [9.17, 15) is 4.79 Å². The molecule has 0 aliphatic heterocycles. The van der Waals surface area contributed by atoms with Gasteiger partial charge < -0.3 is 20.5 Å². The number of methoxy groups -OCH3 is 1. The van der Waals surface area contributed by atoms with E-state index in [4.69, 9.17) is 22.1 Å². The second-order valence-corrected chi connectivity index (χ2v) is 8.96. The van der Waals surface area contributed by atoms with Crippen LogP contribution in [0.2, 0.25) is 0 Å². The molecule has 0 saturated heterocycles. The van der Waals surface area contributed by atoms with Gasteiger partial charge in [0.05, 0.1) is 7.11 Å². The van der Waals surface area contributed by atoms with Crippen molar-refractivity contribution in [1.29, 1.82) is 0 Å². The summed E-state index contributed by atoms with van der Waals surface area (Å²) in [5, 5.41) is 16.0. The SMILES string of the molecule is COc1ccc(NC(=S)NCCC2C3CCC(C3)C2CC=CCCCC(=O)O)cc1. The monoisotopic (exact) mass is 430 g/mol. The quantitative estimate of drug-likeness (QED) is 0.253. The highest BCUT2D eigenvalue weighted by Gasteiger charge is 2.46. The van der Waals surface area contributed by atoms with E-state index in [0.717, 1.165) is 67.3 Å². The summed E-state index contributed by atoms with van der Waals surface area (Å²) >= 11 is 5.46. The third-order valence-corrected chi connectivity index (χ3v) is 6.97. The first kappa shape index (κ1) is 22.6. The van der Waals surface area contributed by atoms with E-state index in [2.05, 4.69) is 22.8 Å². The second kappa shape index (κ2) is 11.3. The Morgan fingerprint density at radius 1 is 1.20 bits per heavy atom. The zero-order valence-corrected chi connectivity index (χ0v) is 18.6. The predicted molar refractivity (Wildman–Crippen MR) is 125 cm³/mol. The van der Waals surface area contributed by atoms with Crippen molar-refractivity contribution in [3.8, 4) is 5.75 Å². The molecule has 1 aromatic rings. The number of thiocarbonyl (C=S) groups is 1. The van der Waals surface area contributed by atoms with Crippen LogP contribution in [0, 0.1) is 23.7 Å². The van der Waals surface area contributed by atoms with Crippen LogP contribution in [-0.4, -0.2) is 29.8 Å². The minimum atomic E-state index is -0.705. The molecule has 2 fully saturated rings. The Morgan fingerprint density at radius 2 is 1.93 bits per heavy atom. The van der Waals surface area contributed by atoms with E-state index in [1.807, 2.05) is 24.3 Å². The molecule has 0 aromatic heterocycles. The summed E-state index contributed by atoms with van der Waals surface area (Å²) in [4.78, 5) is 10.6. The molecule has 2 aliphatic rings. The molecule has 4 unspecified atom stereocenters. The van der Waals surface area contributed by atoms with E-state index >= 15 is 0 Å². The molecule has 164 valence electrons. The third kappa shape index (κ3) is 6.46. The molecular weight excluding hydrogens is 396 g/mol. The molecule has 0 heterocycles. The van der Waals surface area contributed by atoms with E-state index in [1.54, 1.807) is 7.11 Å². The number of ether oxygens (including phenoxy) is 1. The summed E-state index contributed by atoms with van der Waals surface area (Å²) in [6, 6.07) is 7.75. The minimum Gasteiger partial charge on any atom is -0.497 e. The summed E-state index contributed by atoms with van der Waals surface area (Å²) in [6.07, 6.45) is 12.8. The number of allylic oxidation sites excluding steroid dienone is 2. The van der Waals surface area contributed by atoms with E-state index in [1.165, 1.54) is 19.3 Å². The van der Waals surface area contributed by atoms with Crippen LogP contribution in [-0.2, 0) is 4.79 Å². The molecule has 0 radical (unpaired) electrons. The lowest BCUT2D eigenvalue weighted by molar-refractivity contribution is -0.137. The summed E-state index contributed by atoms with van der Waals surface area (Å²) in [7, 11) is 1.66. The molecule has 6 heteroatoms. The molecule has 5 nitrogen and oxygen atoms in total.